The first-order chi connectivity index (χ1) is 9.74. The smallest absolute Gasteiger partial charge is 0.132 e. The molecule has 1 aromatic heterocycles. The lowest BCUT2D eigenvalue weighted by molar-refractivity contribution is 0.415. The molecule has 0 bridgehead atoms. The normalized spacial score (nSPS) is 14.2. The second kappa shape index (κ2) is 5.04. The number of imidazole rings is 1. The molecule has 1 fully saturated rings. The van der Waals surface area contributed by atoms with Gasteiger partial charge in [-0.05, 0) is 25.0 Å². The first-order valence-corrected chi connectivity index (χ1v) is 6.85. The lowest BCUT2D eigenvalue weighted by Crippen LogP contribution is -2.05. The van der Waals surface area contributed by atoms with E-state index in [-0.39, 0.29) is 0 Å². The van der Waals surface area contributed by atoms with Gasteiger partial charge >= 0.3 is 0 Å². The highest BCUT2D eigenvalue weighted by atomic mass is 16.5. The van der Waals surface area contributed by atoms with Crippen LogP contribution < -0.4 is 10.5 Å². The van der Waals surface area contributed by atoms with E-state index in [1.165, 1.54) is 12.8 Å². The van der Waals surface area contributed by atoms with Crippen LogP contribution in [-0.4, -0.2) is 16.7 Å². The van der Waals surface area contributed by atoms with Gasteiger partial charge in [0.1, 0.15) is 23.1 Å². The Labute approximate surface area is 118 Å². The van der Waals surface area contributed by atoms with Crippen LogP contribution in [0.1, 0.15) is 24.6 Å². The average Bonchev–Trinajstić information content (AvgIpc) is 3.26. The molecular formula is C16H19N3O. The lowest BCUT2D eigenvalue weighted by Gasteiger charge is -2.06. The van der Waals surface area contributed by atoms with Crippen LogP contribution in [0, 0.1) is 0 Å². The summed E-state index contributed by atoms with van der Waals surface area (Å²) in [5.41, 5.74) is 8.12. The molecule has 0 aliphatic heterocycles. The van der Waals surface area contributed by atoms with Gasteiger partial charge in [-0.15, -0.1) is 6.58 Å². The van der Waals surface area contributed by atoms with Crippen molar-refractivity contribution in [2.45, 2.75) is 25.3 Å². The van der Waals surface area contributed by atoms with Crippen LogP contribution in [0.25, 0.3) is 11.3 Å². The third-order valence-corrected chi connectivity index (χ3v) is 3.63. The summed E-state index contributed by atoms with van der Waals surface area (Å²) in [7, 11) is 1.66. The van der Waals surface area contributed by atoms with Gasteiger partial charge in [0.05, 0.1) is 7.11 Å². The topological polar surface area (TPSA) is 53.1 Å². The van der Waals surface area contributed by atoms with E-state index >= 15 is 0 Å². The molecule has 4 nitrogen and oxygen atoms in total. The first kappa shape index (κ1) is 12.8. The summed E-state index contributed by atoms with van der Waals surface area (Å²) in [5, 5.41) is 0. The molecule has 0 unspecified atom stereocenters. The second-order valence-electron chi connectivity index (χ2n) is 5.11. The molecule has 0 amide bonds. The Kier molecular flexibility index (Phi) is 3.22. The average molecular weight is 269 g/mol. The van der Waals surface area contributed by atoms with Crippen molar-refractivity contribution in [3.8, 4) is 17.0 Å². The zero-order valence-corrected chi connectivity index (χ0v) is 11.7. The maximum absolute atomic E-state index is 6.29. The summed E-state index contributed by atoms with van der Waals surface area (Å²) in [4.78, 5) is 4.77. The second-order valence-corrected chi connectivity index (χ2v) is 5.11. The van der Waals surface area contributed by atoms with Gasteiger partial charge in [-0.3, -0.25) is 0 Å². The van der Waals surface area contributed by atoms with E-state index in [0.29, 0.717) is 18.3 Å². The van der Waals surface area contributed by atoms with E-state index in [4.69, 9.17) is 15.5 Å². The van der Waals surface area contributed by atoms with Gasteiger partial charge in [0.25, 0.3) is 0 Å². The van der Waals surface area contributed by atoms with E-state index in [2.05, 4.69) is 11.1 Å². The highest BCUT2D eigenvalue weighted by molar-refractivity contribution is 5.72. The van der Waals surface area contributed by atoms with Crippen molar-refractivity contribution in [2.24, 2.45) is 0 Å². The molecule has 0 radical (unpaired) electrons. The molecule has 2 N–H and O–H groups in total. The quantitative estimate of drug-likeness (QED) is 0.848. The molecule has 0 atom stereocenters. The largest absolute Gasteiger partial charge is 0.497 e. The summed E-state index contributed by atoms with van der Waals surface area (Å²) in [6.07, 6.45) is 4.26. The number of allylic oxidation sites excluding steroid dienone is 1. The zero-order chi connectivity index (χ0) is 14.1. The highest BCUT2D eigenvalue weighted by Crippen LogP contribution is 2.42. The summed E-state index contributed by atoms with van der Waals surface area (Å²) < 4.78 is 7.34. The third-order valence-electron chi connectivity index (χ3n) is 3.63. The van der Waals surface area contributed by atoms with E-state index in [1.54, 1.807) is 7.11 Å². The minimum Gasteiger partial charge on any atom is -0.497 e. The Morgan fingerprint density at radius 2 is 2.30 bits per heavy atom. The Bertz CT molecular complexity index is 641. The molecule has 1 aliphatic rings. The van der Waals surface area contributed by atoms with Crippen LogP contribution in [0.3, 0.4) is 0 Å². The molecule has 3 rings (SSSR count). The number of aromatic nitrogens is 2. The number of hydrogen-bond donors (Lipinski definition) is 1. The van der Waals surface area contributed by atoms with Gasteiger partial charge < -0.3 is 15.0 Å². The Balaban J connectivity index is 2.08. The molecule has 1 aliphatic carbocycles. The van der Waals surface area contributed by atoms with Crippen molar-refractivity contribution in [1.82, 2.24) is 9.55 Å². The molecule has 1 saturated carbocycles. The predicted octanol–water partition coefficient (Wildman–Crippen LogP) is 3.20. The van der Waals surface area contributed by atoms with Crippen molar-refractivity contribution < 1.29 is 4.74 Å². The molecule has 4 heteroatoms. The van der Waals surface area contributed by atoms with Gasteiger partial charge in [-0.2, -0.15) is 0 Å². The number of nitrogen functional groups attached to an aromatic ring is 1. The summed E-state index contributed by atoms with van der Waals surface area (Å²) in [5.74, 6) is 3.16. The maximum atomic E-state index is 6.29. The highest BCUT2D eigenvalue weighted by Gasteiger charge is 2.30. The monoisotopic (exact) mass is 269 g/mol. The van der Waals surface area contributed by atoms with Crippen LogP contribution in [0.15, 0.2) is 36.9 Å². The number of anilines is 1. The standard InChI is InChI=1S/C16H19N3O/c1-3-9-19-15(17)14(18-16(19)11-7-8-11)12-5-4-6-13(10-12)20-2/h3-6,10-11H,1,7-9,17H2,2H3. The molecule has 1 heterocycles. The molecular weight excluding hydrogens is 250 g/mol. The van der Waals surface area contributed by atoms with Crippen LogP contribution in [0.5, 0.6) is 5.75 Å². The van der Waals surface area contributed by atoms with Gasteiger partial charge in [0.15, 0.2) is 0 Å². The summed E-state index contributed by atoms with van der Waals surface area (Å²) in [6.45, 7) is 4.51. The lowest BCUT2D eigenvalue weighted by atomic mass is 10.1. The fourth-order valence-electron chi connectivity index (χ4n) is 2.44. The molecule has 104 valence electrons. The van der Waals surface area contributed by atoms with Crippen LogP contribution in [0.2, 0.25) is 0 Å². The first-order valence-electron chi connectivity index (χ1n) is 6.85. The SMILES string of the molecule is C=CCn1c(C2CC2)nc(-c2cccc(OC)c2)c1N. The molecule has 1 aromatic carbocycles. The number of methoxy groups -OCH3 is 1. The Morgan fingerprint density at radius 3 is 2.95 bits per heavy atom. The minimum atomic E-state index is 0.552. The van der Waals surface area contributed by atoms with Gasteiger partial charge in [-0.1, -0.05) is 18.2 Å². The maximum Gasteiger partial charge on any atom is 0.132 e. The number of nitrogens with zero attached hydrogens (tertiary/aromatic N) is 2. The van der Waals surface area contributed by atoms with Crippen molar-refractivity contribution >= 4 is 5.82 Å². The van der Waals surface area contributed by atoms with E-state index in [9.17, 15) is 0 Å². The van der Waals surface area contributed by atoms with Crippen molar-refractivity contribution in [3.63, 3.8) is 0 Å². The zero-order valence-electron chi connectivity index (χ0n) is 11.7. The number of hydrogen-bond acceptors (Lipinski definition) is 3. The van der Waals surface area contributed by atoms with Gasteiger partial charge in [0, 0.05) is 18.0 Å². The number of benzene rings is 1. The van der Waals surface area contributed by atoms with Crippen molar-refractivity contribution in [1.29, 1.82) is 0 Å². The molecule has 0 spiro atoms. The van der Waals surface area contributed by atoms with Crippen LogP contribution in [-0.2, 0) is 6.54 Å². The predicted molar refractivity (Wildman–Crippen MR) is 80.8 cm³/mol. The van der Waals surface area contributed by atoms with E-state index < -0.39 is 0 Å². The summed E-state index contributed by atoms with van der Waals surface area (Å²) >= 11 is 0. The molecule has 20 heavy (non-hydrogen) atoms. The molecule has 0 saturated heterocycles. The van der Waals surface area contributed by atoms with E-state index in [1.807, 2.05) is 30.3 Å². The van der Waals surface area contributed by atoms with Gasteiger partial charge in [-0.25, -0.2) is 4.98 Å². The fourth-order valence-corrected chi connectivity index (χ4v) is 2.44. The Morgan fingerprint density at radius 1 is 1.50 bits per heavy atom. The Hall–Kier alpha value is -2.23. The van der Waals surface area contributed by atoms with Gasteiger partial charge in [0.2, 0.25) is 0 Å². The third kappa shape index (κ3) is 2.18. The van der Waals surface area contributed by atoms with Crippen LogP contribution >= 0.6 is 0 Å². The number of nitrogens with two attached hydrogens (primary N) is 1. The molecule has 2 aromatic rings. The van der Waals surface area contributed by atoms with E-state index in [0.717, 1.165) is 22.8 Å². The van der Waals surface area contributed by atoms with Crippen molar-refractivity contribution in [3.05, 3.63) is 42.7 Å². The fraction of sp³-hybridized carbons (Fsp3) is 0.312. The number of ether oxygens (including phenoxy) is 1. The van der Waals surface area contributed by atoms with Crippen LogP contribution in [0.4, 0.5) is 5.82 Å². The van der Waals surface area contributed by atoms with Crippen molar-refractivity contribution in [2.75, 3.05) is 12.8 Å². The summed E-state index contributed by atoms with van der Waals surface area (Å²) in [6, 6.07) is 7.85. The minimum absolute atomic E-state index is 0.552. The number of rotatable bonds is 5.